The zero-order valence-corrected chi connectivity index (χ0v) is 7.75. The van der Waals surface area contributed by atoms with E-state index in [9.17, 15) is 8.78 Å². The number of hydrogen-bond donors (Lipinski definition) is 1. The third-order valence-corrected chi connectivity index (χ3v) is 2.55. The van der Waals surface area contributed by atoms with Crippen LogP contribution >= 0.6 is 0 Å². The molecular weight excluding hydrogens is 176 g/mol. The van der Waals surface area contributed by atoms with Gasteiger partial charge in [0.25, 0.3) is 6.43 Å². The van der Waals surface area contributed by atoms with Crippen LogP contribution in [0.2, 0.25) is 0 Å². The van der Waals surface area contributed by atoms with Gasteiger partial charge in [0.1, 0.15) is 0 Å². The van der Waals surface area contributed by atoms with Crippen molar-refractivity contribution in [3.8, 4) is 0 Å². The Kier molecular flexibility index (Phi) is 4.59. The number of hydrogen-bond acceptors (Lipinski definition) is 2. The standard InChI is InChI=1S/C9H17F2NO/c10-9(11)7-12(4-5-13)6-8-2-1-3-8/h8-9,13H,1-7H2. The number of rotatable bonds is 6. The first-order chi connectivity index (χ1) is 6.22. The molecule has 1 N–H and O–H groups in total. The number of alkyl halides is 2. The van der Waals surface area contributed by atoms with Crippen molar-refractivity contribution in [3.63, 3.8) is 0 Å². The highest BCUT2D eigenvalue weighted by molar-refractivity contribution is 4.74. The first-order valence-electron chi connectivity index (χ1n) is 4.83. The number of aliphatic hydroxyl groups is 1. The molecule has 0 atom stereocenters. The van der Waals surface area contributed by atoms with Gasteiger partial charge in [-0.2, -0.15) is 0 Å². The van der Waals surface area contributed by atoms with Gasteiger partial charge in [-0.1, -0.05) is 6.42 Å². The second-order valence-electron chi connectivity index (χ2n) is 3.67. The summed E-state index contributed by atoms with van der Waals surface area (Å²) in [6.45, 7) is 0.877. The van der Waals surface area contributed by atoms with E-state index in [0.717, 1.165) is 19.4 Å². The van der Waals surface area contributed by atoms with Crippen molar-refractivity contribution < 1.29 is 13.9 Å². The second-order valence-corrected chi connectivity index (χ2v) is 3.67. The van der Waals surface area contributed by atoms with Crippen LogP contribution in [0.4, 0.5) is 8.78 Å². The molecule has 1 aliphatic rings. The van der Waals surface area contributed by atoms with Crippen LogP contribution in [-0.4, -0.2) is 42.7 Å². The lowest BCUT2D eigenvalue weighted by Gasteiger charge is -2.31. The average Bonchev–Trinajstić information content (AvgIpc) is 1.96. The van der Waals surface area contributed by atoms with Crippen LogP contribution in [0.15, 0.2) is 0 Å². The molecule has 0 spiro atoms. The molecule has 0 aromatic carbocycles. The van der Waals surface area contributed by atoms with Gasteiger partial charge < -0.3 is 5.11 Å². The van der Waals surface area contributed by atoms with Crippen molar-refractivity contribution in [1.29, 1.82) is 0 Å². The lowest BCUT2D eigenvalue weighted by atomic mass is 9.85. The van der Waals surface area contributed by atoms with Crippen LogP contribution in [0.1, 0.15) is 19.3 Å². The maximum absolute atomic E-state index is 12.1. The van der Waals surface area contributed by atoms with Crippen molar-refractivity contribution in [1.82, 2.24) is 4.90 Å². The largest absolute Gasteiger partial charge is 0.395 e. The molecular formula is C9H17F2NO. The highest BCUT2D eigenvalue weighted by Gasteiger charge is 2.21. The van der Waals surface area contributed by atoms with Crippen LogP contribution in [0.3, 0.4) is 0 Å². The maximum Gasteiger partial charge on any atom is 0.251 e. The Morgan fingerprint density at radius 1 is 1.38 bits per heavy atom. The van der Waals surface area contributed by atoms with Crippen LogP contribution in [0.5, 0.6) is 0 Å². The predicted octanol–water partition coefficient (Wildman–Crippen LogP) is 1.35. The smallest absolute Gasteiger partial charge is 0.251 e. The Bertz CT molecular complexity index is 140. The third kappa shape index (κ3) is 4.00. The Morgan fingerprint density at radius 3 is 2.46 bits per heavy atom. The van der Waals surface area contributed by atoms with Gasteiger partial charge in [-0.25, -0.2) is 8.78 Å². The molecule has 0 heterocycles. The molecule has 1 saturated carbocycles. The van der Waals surface area contributed by atoms with Gasteiger partial charge in [-0.15, -0.1) is 0 Å². The van der Waals surface area contributed by atoms with E-state index in [-0.39, 0.29) is 13.2 Å². The van der Waals surface area contributed by atoms with Crippen LogP contribution in [0.25, 0.3) is 0 Å². The summed E-state index contributed by atoms with van der Waals surface area (Å²) in [4.78, 5) is 1.66. The highest BCUT2D eigenvalue weighted by atomic mass is 19.3. The molecule has 0 aromatic rings. The molecule has 13 heavy (non-hydrogen) atoms. The average molecular weight is 193 g/mol. The Balaban J connectivity index is 2.19. The van der Waals surface area contributed by atoms with Gasteiger partial charge in [0.2, 0.25) is 0 Å². The van der Waals surface area contributed by atoms with Crippen molar-refractivity contribution in [2.45, 2.75) is 25.7 Å². The first-order valence-corrected chi connectivity index (χ1v) is 4.83. The maximum atomic E-state index is 12.1. The van der Waals surface area contributed by atoms with Gasteiger partial charge >= 0.3 is 0 Å². The molecule has 1 rings (SSSR count). The summed E-state index contributed by atoms with van der Waals surface area (Å²) in [6, 6.07) is 0. The van der Waals surface area contributed by atoms with Crippen molar-refractivity contribution >= 4 is 0 Å². The molecule has 0 bridgehead atoms. The summed E-state index contributed by atoms with van der Waals surface area (Å²) in [5.41, 5.74) is 0. The molecule has 0 aliphatic heterocycles. The molecule has 1 aliphatic carbocycles. The first kappa shape index (κ1) is 10.9. The molecule has 1 fully saturated rings. The molecule has 2 nitrogen and oxygen atoms in total. The summed E-state index contributed by atoms with van der Waals surface area (Å²) in [6.07, 6.45) is 1.26. The van der Waals surface area contributed by atoms with Gasteiger partial charge in [0, 0.05) is 13.1 Å². The van der Waals surface area contributed by atoms with Gasteiger partial charge in [0.15, 0.2) is 0 Å². The fourth-order valence-electron chi connectivity index (χ4n) is 1.63. The van der Waals surface area contributed by atoms with Crippen molar-refractivity contribution in [2.75, 3.05) is 26.2 Å². The molecule has 0 amide bonds. The molecule has 0 saturated heterocycles. The van der Waals surface area contributed by atoms with Crippen molar-refractivity contribution in [2.24, 2.45) is 5.92 Å². The summed E-state index contributed by atoms with van der Waals surface area (Å²) in [7, 11) is 0. The zero-order valence-electron chi connectivity index (χ0n) is 7.75. The van der Waals surface area contributed by atoms with Gasteiger partial charge in [0.05, 0.1) is 13.2 Å². The summed E-state index contributed by atoms with van der Waals surface area (Å²) < 4.78 is 24.1. The number of nitrogens with zero attached hydrogens (tertiary/aromatic N) is 1. The van der Waals surface area contributed by atoms with E-state index in [4.69, 9.17) is 5.11 Å². The Labute approximate surface area is 77.5 Å². The van der Waals surface area contributed by atoms with E-state index in [1.165, 1.54) is 6.42 Å². The Morgan fingerprint density at radius 2 is 2.08 bits per heavy atom. The molecule has 0 radical (unpaired) electrons. The minimum Gasteiger partial charge on any atom is -0.395 e. The van der Waals surface area contributed by atoms with Crippen LogP contribution < -0.4 is 0 Å². The van der Waals surface area contributed by atoms with E-state index < -0.39 is 6.43 Å². The SMILES string of the molecule is OCCN(CC(F)F)CC1CCC1. The van der Waals surface area contributed by atoms with Crippen LogP contribution in [0, 0.1) is 5.92 Å². The number of aliphatic hydroxyl groups excluding tert-OH is 1. The van der Waals surface area contributed by atoms with E-state index in [1.807, 2.05) is 0 Å². The lowest BCUT2D eigenvalue weighted by Crippen LogP contribution is -2.37. The fraction of sp³-hybridized carbons (Fsp3) is 1.00. The molecule has 4 heteroatoms. The topological polar surface area (TPSA) is 23.5 Å². The second kappa shape index (κ2) is 5.50. The summed E-state index contributed by atoms with van der Waals surface area (Å²) in [5, 5.41) is 8.67. The predicted molar refractivity (Wildman–Crippen MR) is 46.9 cm³/mol. The number of halogens is 2. The van der Waals surface area contributed by atoms with E-state index in [2.05, 4.69) is 0 Å². The normalized spacial score (nSPS) is 18.2. The minimum atomic E-state index is -2.29. The molecule has 0 unspecified atom stereocenters. The van der Waals surface area contributed by atoms with Crippen molar-refractivity contribution in [3.05, 3.63) is 0 Å². The van der Waals surface area contributed by atoms with Gasteiger partial charge in [-0.05, 0) is 18.8 Å². The highest BCUT2D eigenvalue weighted by Crippen LogP contribution is 2.27. The van der Waals surface area contributed by atoms with Crippen LogP contribution in [-0.2, 0) is 0 Å². The Hall–Kier alpha value is -0.220. The quantitative estimate of drug-likeness (QED) is 0.688. The van der Waals surface area contributed by atoms with E-state index in [0.29, 0.717) is 12.5 Å². The zero-order chi connectivity index (χ0) is 9.68. The third-order valence-electron chi connectivity index (χ3n) is 2.55. The molecule has 78 valence electrons. The summed E-state index contributed by atoms with van der Waals surface area (Å²) >= 11 is 0. The summed E-state index contributed by atoms with van der Waals surface area (Å²) in [5.74, 6) is 0.588. The lowest BCUT2D eigenvalue weighted by molar-refractivity contribution is 0.0609. The van der Waals surface area contributed by atoms with Gasteiger partial charge in [-0.3, -0.25) is 4.90 Å². The van der Waals surface area contributed by atoms with E-state index >= 15 is 0 Å². The van der Waals surface area contributed by atoms with E-state index in [1.54, 1.807) is 4.90 Å². The molecule has 0 aromatic heterocycles. The minimum absolute atomic E-state index is 0.0283. The fourth-order valence-corrected chi connectivity index (χ4v) is 1.63. The monoisotopic (exact) mass is 193 g/mol.